The Morgan fingerprint density at radius 1 is 1.04 bits per heavy atom. The van der Waals surface area contributed by atoms with E-state index < -0.39 is 0 Å². The molecule has 1 heterocycles. The molecule has 8 heteroatoms. The Kier molecular flexibility index (Phi) is 7.83. The normalized spacial score (nSPS) is 12.2. The van der Waals surface area contributed by atoms with Crippen LogP contribution in [0.1, 0.15) is 5.56 Å². The van der Waals surface area contributed by atoms with Crippen LogP contribution in [0.25, 0.3) is 0 Å². The van der Waals surface area contributed by atoms with Crippen LogP contribution in [0.4, 0.5) is 5.69 Å². The second-order valence-corrected chi connectivity index (χ2v) is 5.63. The number of hydrogen-bond donors (Lipinski definition) is 2. The van der Waals surface area contributed by atoms with Crippen LogP contribution in [-0.4, -0.2) is 40.6 Å². The zero-order valence-electron chi connectivity index (χ0n) is 15.6. The average molecular weight is 485 g/mol. The van der Waals surface area contributed by atoms with E-state index in [-0.39, 0.29) is 24.0 Å². The van der Waals surface area contributed by atoms with Gasteiger partial charge in [-0.25, -0.2) is 0 Å². The van der Waals surface area contributed by atoms with Crippen LogP contribution in [0.2, 0.25) is 0 Å². The summed E-state index contributed by atoms with van der Waals surface area (Å²) in [7, 11) is 4.96. The lowest BCUT2D eigenvalue weighted by Crippen LogP contribution is -2.32. The number of anilines is 1. The number of aliphatic imine (C=N–C) groups is 1. The predicted octanol–water partition coefficient (Wildman–Crippen LogP) is 3.28. The third-order valence-electron chi connectivity index (χ3n) is 4.01. The van der Waals surface area contributed by atoms with Crippen molar-refractivity contribution in [2.45, 2.75) is 6.42 Å². The summed E-state index contributed by atoms with van der Waals surface area (Å²) in [6, 6.07) is 11.6. The highest BCUT2D eigenvalue weighted by Crippen LogP contribution is 2.32. The SMILES string of the molecule is CN=C(NCCc1ccc2c(c1)OCO2)Nc1ccc(OC)c(OC)c1.I. The molecule has 0 spiro atoms. The molecule has 27 heavy (non-hydrogen) atoms. The molecule has 0 radical (unpaired) electrons. The molecule has 3 rings (SSSR count). The molecule has 7 nitrogen and oxygen atoms in total. The summed E-state index contributed by atoms with van der Waals surface area (Å²) in [5.74, 6) is 3.62. The van der Waals surface area contributed by atoms with Crippen LogP contribution in [0.15, 0.2) is 41.4 Å². The van der Waals surface area contributed by atoms with Crippen molar-refractivity contribution in [3.05, 3.63) is 42.0 Å². The number of methoxy groups -OCH3 is 2. The Bertz CT molecular complexity index is 799. The van der Waals surface area contributed by atoms with E-state index in [1.165, 1.54) is 5.56 Å². The fourth-order valence-electron chi connectivity index (χ4n) is 2.65. The van der Waals surface area contributed by atoms with Gasteiger partial charge in [-0.3, -0.25) is 4.99 Å². The first-order valence-corrected chi connectivity index (χ1v) is 8.31. The van der Waals surface area contributed by atoms with Crippen LogP contribution in [0.5, 0.6) is 23.0 Å². The zero-order valence-corrected chi connectivity index (χ0v) is 17.9. The molecule has 0 aromatic heterocycles. The van der Waals surface area contributed by atoms with Crippen molar-refractivity contribution in [3.63, 3.8) is 0 Å². The number of hydrogen-bond acceptors (Lipinski definition) is 5. The molecule has 0 aliphatic carbocycles. The van der Waals surface area contributed by atoms with Gasteiger partial charge in [0, 0.05) is 25.3 Å². The fourth-order valence-corrected chi connectivity index (χ4v) is 2.65. The monoisotopic (exact) mass is 485 g/mol. The van der Waals surface area contributed by atoms with Crippen molar-refractivity contribution in [1.82, 2.24) is 5.32 Å². The molecule has 0 saturated carbocycles. The molecule has 0 fully saturated rings. The van der Waals surface area contributed by atoms with E-state index in [1.54, 1.807) is 21.3 Å². The van der Waals surface area contributed by atoms with Gasteiger partial charge in [0.1, 0.15) is 0 Å². The summed E-state index contributed by atoms with van der Waals surface area (Å²) >= 11 is 0. The van der Waals surface area contributed by atoms with Crippen molar-refractivity contribution >= 4 is 35.6 Å². The number of fused-ring (bicyclic) bond motifs is 1. The molecule has 0 amide bonds. The molecule has 2 aromatic rings. The summed E-state index contributed by atoms with van der Waals surface area (Å²) in [6.45, 7) is 1.02. The average Bonchev–Trinajstić information content (AvgIpc) is 3.14. The van der Waals surface area contributed by atoms with E-state index in [2.05, 4.69) is 15.6 Å². The van der Waals surface area contributed by atoms with Crippen molar-refractivity contribution in [1.29, 1.82) is 0 Å². The zero-order chi connectivity index (χ0) is 18.4. The van der Waals surface area contributed by atoms with Gasteiger partial charge in [-0.15, -0.1) is 24.0 Å². The maximum absolute atomic E-state index is 5.41. The maximum atomic E-state index is 5.41. The molecule has 2 N–H and O–H groups in total. The van der Waals surface area contributed by atoms with Gasteiger partial charge in [0.05, 0.1) is 14.2 Å². The van der Waals surface area contributed by atoms with E-state index in [4.69, 9.17) is 18.9 Å². The Morgan fingerprint density at radius 3 is 2.56 bits per heavy atom. The van der Waals surface area contributed by atoms with Crippen molar-refractivity contribution in [3.8, 4) is 23.0 Å². The van der Waals surface area contributed by atoms with Gasteiger partial charge in [0.15, 0.2) is 29.0 Å². The van der Waals surface area contributed by atoms with Crippen molar-refractivity contribution in [2.24, 2.45) is 4.99 Å². The molecule has 146 valence electrons. The Hall–Kier alpha value is -2.36. The van der Waals surface area contributed by atoms with Crippen LogP contribution in [0, 0.1) is 0 Å². The van der Waals surface area contributed by atoms with Gasteiger partial charge in [0.2, 0.25) is 6.79 Å². The van der Waals surface area contributed by atoms with E-state index in [0.29, 0.717) is 24.3 Å². The first kappa shape index (κ1) is 20.9. The number of nitrogens with zero attached hydrogens (tertiary/aromatic N) is 1. The van der Waals surface area contributed by atoms with Crippen LogP contribution >= 0.6 is 24.0 Å². The smallest absolute Gasteiger partial charge is 0.231 e. The molecule has 0 saturated heterocycles. The summed E-state index contributed by atoms with van der Waals surface area (Å²) in [4.78, 5) is 4.25. The minimum Gasteiger partial charge on any atom is -0.493 e. The third-order valence-corrected chi connectivity index (χ3v) is 4.01. The van der Waals surface area contributed by atoms with Gasteiger partial charge in [-0.2, -0.15) is 0 Å². The first-order valence-electron chi connectivity index (χ1n) is 8.31. The van der Waals surface area contributed by atoms with E-state index in [9.17, 15) is 0 Å². The van der Waals surface area contributed by atoms with Gasteiger partial charge >= 0.3 is 0 Å². The number of benzene rings is 2. The van der Waals surface area contributed by atoms with Gasteiger partial charge in [0.25, 0.3) is 0 Å². The molecule has 2 aromatic carbocycles. The third kappa shape index (κ3) is 5.31. The topological polar surface area (TPSA) is 73.3 Å². The van der Waals surface area contributed by atoms with E-state index in [1.807, 2.05) is 36.4 Å². The Balaban J connectivity index is 0.00000261. The first-order chi connectivity index (χ1) is 12.7. The maximum Gasteiger partial charge on any atom is 0.231 e. The molecule has 0 unspecified atom stereocenters. The summed E-state index contributed by atoms with van der Waals surface area (Å²) in [5, 5.41) is 6.54. The van der Waals surface area contributed by atoms with Crippen LogP contribution in [-0.2, 0) is 6.42 Å². The number of nitrogens with one attached hydrogen (secondary N) is 2. The fraction of sp³-hybridized carbons (Fsp3) is 0.316. The highest BCUT2D eigenvalue weighted by Gasteiger charge is 2.13. The lowest BCUT2D eigenvalue weighted by molar-refractivity contribution is 0.174. The highest BCUT2D eigenvalue weighted by molar-refractivity contribution is 14.0. The quantitative estimate of drug-likeness (QED) is 0.372. The van der Waals surface area contributed by atoms with Gasteiger partial charge in [-0.1, -0.05) is 6.07 Å². The lowest BCUT2D eigenvalue weighted by atomic mass is 10.1. The molecule has 0 atom stereocenters. The summed E-state index contributed by atoms with van der Waals surface area (Å²) in [5.41, 5.74) is 2.03. The summed E-state index contributed by atoms with van der Waals surface area (Å²) < 4.78 is 21.3. The molecule has 0 bridgehead atoms. The Morgan fingerprint density at radius 2 is 1.81 bits per heavy atom. The van der Waals surface area contributed by atoms with Crippen molar-refractivity contribution < 1.29 is 18.9 Å². The second-order valence-electron chi connectivity index (χ2n) is 5.63. The number of rotatable bonds is 6. The highest BCUT2D eigenvalue weighted by atomic mass is 127. The van der Waals surface area contributed by atoms with Crippen LogP contribution in [0.3, 0.4) is 0 Å². The van der Waals surface area contributed by atoms with Gasteiger partial charge < -0.3 is 29.6 Å². The molecular weight excluding hydrogens is 461 g/mol. The van der Waals surface area contributed by atoms with Crippen molar-refractivity contribution in [2.75, 3.05) is 39.9 Å². The largest absolute Gasteiger partial charge is 0.493 e. The van der Waals surface area contributed by atoms with E-state index >= 15 is 0 Å². The standard InChI is InChI=1S/C19H23N3O4.HI/c1-20-19(22-14-5-7-15(23-2)17(11-14)24-3)21-9-8-13-4-6-16-18(10-13)26-12-25-16;/h4-7,10-11H,8-9,12H2,1-3H3,(H2,20,21,22);1H. The number of halogens is 1. The molecular formula is C19H24IN3O4. The number of ether oxygens (including phenoxy) is 4. The molecule has 1 aliphatic rings. The summed E-state index contributed by atoms with van der Waals surface area (Å²) in [6.07, 6.45) is 0.837. The van der Waals surface area contributed by atoms with Gasteiger partial charge in [-0.05, 0) is 36.2 Å². The number of guanidine groups is 1. The minimum atomic E-state index is 0. The van der Waals surface area contributed by atoms with E-state index in [0.717, 1.165) is 30.2 Å². The van der Waals surface area contributed by atoms with Crippen LogP contribution < -0.4 is 29.6 Å². The Labute approximate surface area is 176 Å². The minimum absolute atomic E-state index is 0. The lowest BCUT2D eigenvalue weighted by Gasteiger charge is -2.14. The molecule has 1 aliphatic heterocycles. The predicted molar refractivity (Wildman–Crippen MR) is 116 cm³/mol. The second kappa shape index (κ2) is 10.1.